The quantitative estimate of drug-likeness (QED) is 0.790. The number of rotatable bonds is 2. The lowest BCUT2D eigenvalue weighted by atomic mass is 10.2. The highest BCUT2D eigenvalue weighted by Crippen LogP contribution is 2.21. The molecule has 0 bridgehead atoms. The summed E-state index contributed by atoms with van der Waals surface area (Å²) in [5, 5.41) is 11.6. The van der Waals surface area contributed by atoms with Gasteiger partial charge in [0.25, 0.3) is 0 Å². The van der Waals surface area contributed by atoms with E-state index in [1.165, 1.54) is 11.3 Å². The third-order valence-corrected chi connectivity index (χ3v) is 2.59. The van der Waals surface area contributed by atoms with Crippen molar-refractivity contribution < 1.29 is 5.11 Å². The van der Waals surface area contributed by atoms with Gasteiger partial charge in [-0.2, -0.15) is 0 Å². The van der Waals surface area contributed by atoms with Crippen molar-refractivity contribution in [3.63, 3.8) is 0 Å². The Hall–Kier alpha value is -1.19. The zero-order valence-electron chi connectivity index (χ0n) is 6.97. The number of aromatic nitrogens is 1. The molecular weight excluding hydrogens is 182 g/mol. The molecule has 13 heavy (non-hydrogen) atoms. The highest BCUT2D eigenvalue weighted by atomic mass is 32.1. The van der Waals surface area contributed by atoms with Gasteiger partial charge >= 0.3 is 0 Å². The largest absolute Gasteiger partial charge is 0.389 e. The van der Waals surface area contributed by atoms with Gasteiger partial charge in [0, 0.05) is 10.9 Å². The minimum absolute atomic E-state index is 0.0253. The van der Waals surface area contributed by atoms with Crippen molar-refractivity contribution in [3.8, 4) is 11.3 Å². The summed E-state index contributed by atoms with van der Waals surface area (Å²) in [4.78, 5) is 4.27. The van der Waals surface area contributed by atoms with E-state index in [-0.39, 0.29) is 6.61 Å². The predicted octanol–water partition coefficient (Wildman–Crippen LogP) is 2.30. The molecule has 0 amide bonds. The molecule has 1 heterocycles. The molecule has 3 heteroatoms. The second-order valence-corrected chi connectivity index (χ2v) is 3.59. The number of aliphatic hydroxyl groups is 1. The van der Waals surface area contributed by atoms with E-state index in [4.69, 9.17) is 5.11 Å². The first-order valence-corrected chi connectivity index (χ1v) is 4.89. The van der Waals surface area contributed by atoms with Crippen molar-refractivity contribution in [2.75, 3.05) is 0 Å². The average Bonchev–Trinajstić information content (AvgIpc) is 2.67. The van der Waals surface area contributed by atoms with E-state index in [2.05, 4.69) is 4.98 Å². The first-order chi connectivity index (χ1) is 6.40. The summed E-state index contributed by atoms with van der Waals surface area (Å²) < 4.78 is 0. The molecule has 0 spiro atoms. The molecule has 0 saturated heterocycles. The molecule has 2 nitrogen and oxygen atoms in total. The third kappa shape index (κ3) is 1.76. The number of thiazole rings is 1. The Balaban J connectivity index is 2.36. The van der Waals surface area contributed by atoms with Gasteiger partial charge < -0.3 is 5.11 Å². The van der Waals surface area contributed by atoms with Crippen LogP contribution in [-0.2, 0) is 6.61 Å². The van der Waals surface area contributed by atoms with Gasteiger partial charge in [0.15, 0.2) is 0 Å². The average molecular weight is 191 g/mol. The van der Waals surface area contributed by atoms with Crippen molar-refractivity contribution in [2.45, 2.75) is 6.61 Å². The molecule has 0 aliphatic carbocycles. The lowest BCUT2D eigenvalue weighted by Gasteiger charge is -1.93. The standard InChI is InChI=1S/C10H9NOS/c12-6-10-11-9(7-13-10)8-4-2-1-3-5-8/h1-5,7,12H,6H2. The Kier molecular flexibility index (Phi) is 2.38. The minimum Gasteiger partial charge on any atom is -0.389 e. The fourth-order valence-corrected chi connectivity index (χ4v) is 1.79. The fourth-order valence-electron chi connectivity index (χ4n) is 1.13. The minimum atomic E-state index is 0.0253. The monoisotopic (exact) mass is 191 g/mol. The van der Waals surface area contributed by atoms with Crippen molar-refractivity contribution in [1.82, 2.24) is 4.98 Å². The SMILES string of the molecule is OCc1nc(-c2ccccc2)cs1. The van der Waals surface area contributed by atoms with Gasteiger partial charge in [-0.05, 0) is 0 Å². The summed E-state index contributed by atoms with van der Waals surface area (Å²) in [5.74, 6) is 0. The lowest BCUT2D eigenvalue weighted by Crippen LogP contribution is -1.81. The molecule has 2 rings (SSSR count). The molecule has 0 saturated carbocycles. The van der Waals surface area contributed by atoms with Gasteiger partial charge in [-0.25, -0.2) is 4.98 Å². The topological polar surface area (TPSA) is 33.1 Å². The Labute approximate surface area is 80.5 Å². The highest BCUT2D eigenvalue weighted by Gasteiger charge is 2.01. The molecule has 66 valence electrons. The van der Waals surface area contributed by atoms with Gasteiger partial charge in [-0.3, -0.25) is 0 Å². The third-order valence-electron chi connectivity index (χ3n) is 1.76. The summed E-state index contributed by atoms with van der Waals surface area (Å²) in [7, 11) is 0. The zero-order chi connectivity index (χ0) is 9.10. The van der Waals surface area contributed by atoms with Crippen LogP contribution in [0.5, 0.6) is 0 Å². The van der Waals surface area contributed by atoms with E-state index in [1.54, 1.807) is 0 Å². The molecule has 0 fully saturated rings. The smallest absolute Gasteiger partial charge is 0.119 e. The fraction of sp³-hybridized carbons (Fsp3) is 0.100. The van der Waals surface area contributed by atoms with Crippen LogP contribution in [0.3, 0.4) is 0 Å². The molecule has 0 radical (unpaired) electrons. The zero-order valence-corrected chi connectivity index (χ0v) is 7.79. The number of hydrogen-bond donors (Lipinski definition) is 1. The molecule has 0 aliphatic heterocycles. The van der Waals surface area contributed by atoms with Gasteiger partial charge in [0.2, 0.25) is 0 Å². The molecule has 1 N–H and O–H groups in total. The van der Waals surface area contributed by atoms with E-state index in [0.29, 0.717) is 0 Å². The predicted molar refractivity (Wildman–Crippen MR) is 53.5 cm³/mol. The molecule has 1 aromatic heterocycles. The van der Waals surface area contributed by atoms with Crippen LogP contribution in [0.4, 0.5) is 0 Å². The van der Waals surface area contributed by atoms with Gasteiger partial charge in [0.1, 0.15) is 5.01 Å². The Morgan fingerprint density at radius 3 is 2.62 bits per heavy atom. The van der Waals surface area contributed by atoms with Crippen LogP contribution in [0.2, 0.25) is 0 Å². The first-order valence-electron chi connectivity index (χ1n) is 4.01. The maximum absolute atomic E-state index is 8.85. The van der Waals surface area contributed by atoms with E-state index >= 15 is 0 Å². The normalized spacial score (nSPS) is 10.2. The molecule has 0 unspecified atom stereocenters. The molecule has 0 aliphatic rings. The molecule has 1 aromatic carbocycles. The van der Waals surface area contributed by atoms with Gasteiger partial charge in [-0.1, -0.05) is 30.3 Å². The van der Waals surface area contributed by atoms with E-state index in [1.807, 2.05) is 35.7 Å². The van der Waals surface area contributed by atoms with E-state index in [0.717, 1.165) is 16.3 Å². The second kappa shape index (κ2) is 3.68. The summed E-state index contributed by atoms with van der Waals surface area (Å²) >= 11 is 1.48. The number of benzene rings is 1. The van der Waals surface area contributed by atoms with Crippen LogP contribution in [-0.4, -0.2) is 10.1 Å². The second-order valence-electron chi connectivity index (χ2n) is 2.65. The maximum Gasteiger partial charge on any atom is 0.119 e. The summed E-state index contributed by atoms with van der Waals surface area (Å²) in [6, 6.07) is 9.95. The van der Waals surface area contributed by atoms with Crippen molar-refractivity contribution in [1.29, 1.82) is 0 Å². The summed E-state index contributed by atoms with van der Waals surface area (Å²) in [6.07, 6.45) is 0. The van der Waals surface area contributed by atoms with Crippen LogP contribution in [0.1, 0.15) is 5.01 Å². The molecular formula is C10H9NOS. The first kappa shape index (κ1) is 8.41. The highest BCUT2D eigenvalue weighted by molar-refractivity contribution is 7.09. The number of aliphatic hydroxyl groups excluding tert-OH is 1. The van der Waals surface area contributed by atoms with Crippen molar-refractivity contribution in [3.05, 3.63) is 40.7 Å². The molecule has 2 aromatic rings. The Morgan fingerprint density at radius 1 is 1.23 bits per heavy atom. The maximum atomic E-state index is 8.85. The van der Waals surface area contributed by atoms with Crippen LogP contribution in [0.15, 0.2) is 35.7 Å². The van der Waals surface area contributed by atoms with Gasteiger partial charge in [0.05, 0.1) is 12.3 Å². The van der Waals surface area contributed by atoms with Crippen molar-refractivity contribution in [2.24, 2.45) is 0 Å². The van der Waals surface area contributed by atoms with Crippen molar-refractivity contribution >= 4 is 11.3 Å². The van der Waals surface area contributed by atoms with Gasteiger partial charge in [-0.15, -0.1) is 11.3 Å². The van der Waals surface area contributed by atoms with Crippen LogP contribution < -0.4 is 0 Å². The Morgan fingerprint density at radius 2 is 2.00 bits per heavy atom. The Bertz CT molecular complexity index is 383. The lowest BCUT2D eigenvalue weighted by molar-refractivity contribution is 0.281. The molecule has 0 atom stereocenters. The van der Waals surface area contributed by atoms with Crippen LogP contribution in [0, 0.1) is 0 Å². The van der Waals surface area contributed by atoms with E-state index in [9.17, 15) is 0 Å². The summed E-state index contributed by atoms with van der Waals surface area (Å²) in [6.45, 7) is 0.0253. The number of hydrogen-bond acceptors (Lipinski definition) is 3. The van der Waals surface area contributed by atoms with E-state index < -0.39 is 0 Å². The summed E-state index contributed by atoms with van der Waals surface area (Å²) in [5.41, 5.74) is 2.04. The number of nitrogens with zero attached hydrogens (tertiary/aromatic N) is 1. The van der Waals surface area contributed by atoms with Crippen LogP contribution in [0.25, 0.3) is 11.3 Å². The van der Waals surface area contributed by atoms with Crippen LogP contribution >= 0.6 is 11.3 Å².